The van der Waals surface area contributed by atoms with Crippen molar-refractivity contribution in [3.05, 3.63) is 77.0 Å². The van der Waals surface area contributed by atoms with Crippen LogP contribution in [0.4, 0.5) is 4.39 Å². The van der Waals surface area contributed by atoms with Gasteiger partial charge in [-0.15, -0.1) is 0 Å². The number of nitrogens with zero attached hydrogens (tertiary/aromatic N) is 4. The molecule has 1 amide bonds. The van der Waals surface area contributed by atoms with Gasteiger partial charge in [0.1, 0.15) is 11.6 Å². The van der Waals surface area contributed by atoms with E-state index in [4.69, 9.17) is 4.74 Å². The first-order valence-electron chi connectivity index (χ1n) is 11.2. The van der Waals surface area contributed by atoms with Gasteiger partial charge in [0.2, 0.25) is 11.9 Å². The number of aryl methyl sites for hydroxylation is 1. The van der Waals surface area contributed by atoms with Crippen molar-refractivity contribution in [3.8, 4) is 22.9 Å². The van der Waals surface area contributed by atoms with E-state index in [1.807, 2.05) is 0 Å². The fraction of sp³-hybridized carbons (Fsp3) is 0.231. The lowest BCUT2D eigenvalue weighted by molar-refractivity contribution is -0.908. The Labute approximate surface area is 200 Å². The molecule has 2 aromatic carbocycles. The number of carbonyl (C=O) groups excluding carboxylic acids is 1. The monoisotopic (exact) mass is 472 g/mol. The highest BCUT2D eigenvalue weighted by molar-refractivity contribution is 5.96. The van der Waals surface area contributed by atoms with Gasteiger partial charge in [-0.1, -0.05) is 12.1 Å². The van der Waals surface area contributed by atoms with Crippen LogP contribution in [0.2, 0.25) is 0 Å². The van der Waals surface area contributed by atoms with Gasteiger partial charge in [0.25, 0.3) is 5.91 Å². The summed E-state index contributed by atoms with van der Waals surface area (Å²) in [5.41, 5.74) is 3.27. The van der Waals surface area contributed by atoms with Crippen molar-refractivity contribution in [2.24, 2.45) is 0 Å². The average Bonchev–Trinajstić information content (AvgIpc) is 3.52. The molecule has 1 aliphatic carbocycles. The molecule has 2 N–H and O–H groups in total. The number of nitrogens with one attached hydrogen (secondary N) is 1. The van der Waals surface area contributed by atoms with E-state index >= 15 is 4.39 Å². The van der Waals surface area contributed by atoms with Crippen LogP contribution in [-0.2, 0) is 6.54 Å². The number of aromatic nitrogens is 3. The number of aromatic amines is 1. The number of ether oxygens (including phenoxy) is 1. The summed E-state index contributed by atoms with van der Waals surface area (Å²) in [6, 6.07) is 11.5. The Hall–Kier alpha value is -4.45. The van der Waals surface area contributed by atoms with Crippen LogP contribution in [0.25, 0.3) is 22.0 Å². The first-order valence-corrected chi connectivity index (χ1v) is 11.2. The van der Waals surface area contributed by atoms with Gasteiger partial charge in [0.15, 0.2) is 0 Å². The summed E-state index contributed by atoms with van der Waals surface area (Å²) in [6.45, 7) is 1.92. The van der Waals surface area contributed by atoms with Crippen molar-refractivity contribution < 1.29 is 23.9 Å². The highest BCUT2D eigenvalue weighted by Crippen LogP contribution is 2.38. The summed E-state index contributed by atoms with van der Waals surface area (Å²) in [4.78, 5) is 14.7. The predicted octanol–water partition coefficient (Wildman–Crippen LogP) is 3.89. The number of pyridine rings is 1. The molecule has 0 unspecified atom stereocenters. The molecular weight excluding hydrogens is 449 g/mol. The van der Waals surface area contributed by atoms with E-state index in [2.05, 4.69) is 16.3 Å². The number of carbonyl (C=O) groups is 1. The molecular formula is C26H23FN5O3+. The van der Waals surface area contributed by atoms with E-state index in [9.17, 15) is 15.3 Å². The summed E-state index contributed by atoms with van der Waals surface area (Å²) >= 11 is 0. The fourth-order valence-corrected chi connectivity index (χ4v) is 4.09. The van der Waals surface area contributed by atoms with Gasteiger partial charge in [-0.05, 0) is 42.7 Å². The molecule has 176 valence electrons. The lowest BCUT2D eigenvalue weighted by Gasteiger charge is -2.19. The van der Waals surface area contributed by atoms with Crippen molar-refractivity contribution in [1.82, 2.24) is 15.1 Å². The van der Waals surface area contributed by atoms with Gasteiger partial charge in [-0.25, -0.2) is 4.39 Å². The standard InChI is InChI=1S/C26H22FN5O3/c1-15-21-12-29-30-25(21)19(14-32(15)34)13-31(2)26(33)18-9-22(27)24(23(10-18)35-20-6-7-20)17-5-3-4-16(8-17)11-28/h3-5,8-10,12,14,20,34H,6-7,13H2,1-2H3/p+1. The third kappa shape index (κ3) is 4.26. The van der Waals surface area contributed by atoms with Crippen LogP contribution in [0.5, 0.6) is 5.75 Å². The summed E-state index contributed by atoms with van der Waals surface area (Å²) in [7, 11) is 1.61. The van der Waals surface area contributed by atoms with Crippen LogP contribution < -0.4 is 9.47 Å². The largest absolute Gasteiger partial charge is 0.490 e. The molecule has 0 atom stereocenters. The Morgan fingerprint density at radius 2 is 2.17 bits per heavy atom. The van der Waals surface area contributed by atoms with Crippen molar-refractivity contribution in [3.63, 3.8) is 0 Å². The minimum atomic E-state index is -0.602. The number of rotatable bonds is 6. The summed E-state index contributed by atoms with van der Waals surface area (Å²) in [5.74, 6) is -0.729. The molecule has 0 saturated heterocycles. The highest BCUT2D eigenvalue weighted by atomic mass is 19.1. The molecule has 1 aliphatic rings. The first kappa shape index (κ1) is 22.3. The van der Waals surface area contributed by atoms with E-state index in [0.29, 0.717) is 27.9 Å². The zero-order valence-electron chi connectivity index (χ0n) is 19.2. The average molecular weight is 473 g/mol. The molecule has 5 rings (SSSR count). The summed E-state index contributed by atoms with van der Waals surface area (Å²) in [5, 5.41) is 27.1. The molecule has 0 radical (unpaired) electrons. The van der Waals surface area contributed by atoms with Crippen LogP contribution in [0.15, 0.2) is 48.8 Å². The van der Waals surface area contributed by atoms with Gasteiger partial charge in [-0.2, -0.15) is 10.4 Å². The number of hydrogen-bond acceptors (Lipinski definition) is 5. The van der Waals surface area contributed by atoms with Crippen LogP contribution in [0.1, 0.15) is 40.0 Å². The summed E-state index contributed by atoms with van der Waals surface area (Å²) < 4.78 is 22.4. The van der Waals surface area contributed by atoms with Gasteiger partial charge >= 0.3 is 0 Å². The number of hydrogen-bond donors (Lipinski definition) is 2. The topological polar surface area (TPSA) is 106 Å². The Morgan fingerprint density at radius 1 is 1.37 bits per heavy atom. The van der Waals surface area contributed by atoms with E-state index in [0.717, 1.165) is 23.0 Å². The summed E-state index contributed by atoms with van der Waals surface area (Å²) in [6.07, 6.45) is 4.85. The van der Waals surface area contributed by atoms with Crippen LogP contribution >= 0.6 is 0 Å². The third-order valence-electron chi connectivity index (χ3n) is 6.13. The van der Waals surface area contributed by atoms with Crippen molar-refractivity contribution >= 4 is 16.8 Å². The second-order valence-corrected chi connectivity index (χ2v) is 8.75. The Morgan fingerprint density at radius 3 is 2.91 bits per heavy atom. The molecule has 2 aromatic heterocycles. The normalized spacial score (nSPS) is 13.0. The van der Waals surface area contributed by atoms with Gasteiger partial charge in [0, 0.05) is 24.3 Å². The molecule has 1 saturated carbocycles. The van der Waals surface area contributed by atoms with Crippen molar-refractivity contribution in [1.29, 1.82) is 5.26 Å². The quantitative estimate of drug-likeness (QED) is 0.327. The van der Waals surface area contributed by atoms with Crippen molar-refractivity contribution in [2.45, 2.75) is 32.4 Å². The molecule has 0 aliphatic heterocycles. The zero-order valence-corrected chi connectivity index (χ0v) is 19.2. The Kier molecular flexibility index (Phi) is 5.57. The minimum Gasteiger partial charge on any atom is -0.490 e. The molecule has 2 heterocycles. The second-order valence-electron chi connectivity index (χ2n) is 8.75. The number of amides is 1. The number of nitriles is 1. The highest BCUT2D eigenvalue weighted by Gasteiger charge is 2.28. The van der Waals surface area contributed by atoms with Gasteiger partial charge < -0.3 is 9.64 Å². The zero-order chi connectivity index (χ0) is 24.7. The molecule has 35 heavy (non-hydrogen) atoms. The number of H-pyrrole nitrogens is 1. The van der Waals surface area contributed by atoms with Crippen molar-refractivity contribution in [2.75, 3.05) is 7.05 Å². The van der Waals surface area contributed by atoms with Crippen LogP contribution in [-0.4, -0.2) is 39.4 Å². The second kappa shape index (κ2) is 8.72. The smallest absolute Gasteiger partial charge is 0.254 e. The van der Waals surface area contributed by atoms with Gasteiger partial charge in [0.05, 0.1) is 52.5 Å². The Balaban J connectivity index is 1.49. The van der Waals surface area contributed by atoms with E-state index < -0.39 is 11.7 Å². The number of halogens is 1. The molecule has 4 aromatic rings. The minimum absolute atomic E-state index is 0.0170. The SMILES string of the molecule is Cc1c2cn[nH]c2c(CN(C)C(=O)c2cc(F)c(-c3cccc(C#N)c3)c(OC3CC3)c2)c[n+]1O. The number of fused-ring (bicyclic) bond motifs is 1. The lowest BCUT2D eigenvalue weighted by atomic mass is 9.99. The molecule has 9 heteroatoms. The van der Waals surface area contributed by atoms with Crippen LogP contribution in [0, 0.1) is 24.1 Å². The maximum absolute atomic E-state index is 15.4. The maximum Gasteiger partial charge on any atom is 0.254 e. The lowest BCUT2D eigenvalue weighted by Crippen LogP contribution is -2.35. The fourth-order valence-electron chi connectivity index (χ4n) is 4.09. The van der Waals surface area contributed by atoms with Gasteiger partial charge in [-0.3, -0.25) is 15.1 Å². The molecule has 0 bridgehead atoms. The Bertz CT molecular complexity index is 1500. The third-order valence-corrected chi connectivity index (χ3v) is 6.13. The van der Waals surface area contributed by atoms with E-state index in [1.54, 1.807) is 50.5 Å². The van der Waals surface area contributed by atoms with E-state index in [-0.39, 0.29) is 29.5 Å². The number of benzene rings is 2. The first-order chi connectivity index (χ1) is 16.9. The maximum atomic E-state index is 15.4. The molecule has 8 nitrogen and oxygen atoms in total. The molecule has 0 spiro atoms. The molecule has 1 fully saturated rings. The van der Waals surface area contributed by atoms with E-state index in [1.165, 1.54) is 17.2 Å². The predicted molar refractivity (Wildman–Crippen MR) is 124 cm³/mol. The van der Waals surface area contributed by atoms with Crippen LogP contribution in [0.3, 0.4) is 0 Å².